The number of aromatic hydroxyl groups is 1. The first-order chi connectivity index (χ1) is 7.52. The van der Waals surface area contributed by atoms with Crippen molar-refractivity contribution in [2.24, 2.45) is 0 Å². The molecule has 0 atom stereocenters. The van der Waals surface area contributed by atoms with Crippen LogP contribution < -0.4 is 20.3 Å². The summed E-state index contributed by atoms with van der Waals surface area (Å²) < 4.78 is 1.44. The van der Waals surface area contributed by atoms with Crippen molar-refractivity contribution in [1.29, 1.82) is 0 Å². The molecule has 0 radical (unpaired) electrons. The standard InChI is InChI=1S/C11H10N2O3/c1-12(2)7-3-5-13(6-4-7)8-9(14)11(16)10(8)15/h3-6H,1-2H3/p+1. The quantitative estimate of drug-likeness (QED) is 0.537. The van der Waals surface area contributed by atoms with Crippen LogP contribution in [-0.4, -0.2) is 19.2 Å². The van der Waals surface area contributed by atoms with Crippen molar-refractivity contribution in [2.45, 2.75) is 0 Å². The molecule has 0 saturated heterocycles. The summed E-state index contributed by atoms with van der Waals surface area (Å²) in [6, 6.07) is 3.58. The molecule has 1 N–H and O–H groups in total. The lowest BCUT2D eigenvalue weighted by molar-refractivity contribution is -0.598. The second-order valence-corrected chi connectivity index (χ2v) is 3.71. The molecular formula is C11H11N2O3+. The van der Waals surface area contributed by atoms with Gasteiger partial charge >= 0.3 is 11.1 Å². The van der Waals surface area contributed by atoms with Crippen LogP contribution in [-0.2, 0) is 0 Å². The summed E-state index contributed by atoms with van der Waals surface area (Å²) in [5.41, 5.74) is -0.468. The van der Waals surface area contributed by atoms with Crippen LogP contribution in [0.2, 0.25) is 0 Å². The van der Waals surface area contributed by atoms with E-state index >= 15 is 0 Å². The van der Waals surface area contributed by atoms with Crippen molar-refractivity contribution < 1.29 is 9.67 Å². The van der Waals surface area contributed by atoms with Crippen LogP contribution in [0.5, 0.6) is 5.75 Å². The monoisotopic (exact) mass is 219 g/mol. The van der Waals surface area contributed by atoms with Gasteiger partial charge in [0, 0.05) is 31.9 Å². The maximum absolute atomic E-state index is 11.2. The second-order valence-electron chi connectivity index (χ2n) is 3.71. The van der Waals surface area contributed by atoms with E-state index in [1.165, 1.54) is 4.57 Å². The van der Waals surface area contributed by atoms with Gasteiger partial charge in [-0.2, -0.15) is 4.57 Å². The van der Waals surface area contributed by atoms with E-state index in [0.29, 0.717) is 0 Å². The van der Waals surface area contributed by atoms with Gasteiger partial charge in [-0.25, -0.2) is 0 Å². The Bertz CT molecular complexity index is 592. The molecule has 1 heterocycles. The fourth-order valence-electron chi connectivity index (χ4n) is 1.47. The van der Waals surface area contributed by atoms with Gasteiger partial charge in [-0.15, -0.1) is 0 Å². The van der Waals surface area contributed by atoms with E-state index in [9.17, 15) is 14.7 Å². The molecular weight excluding hydrogens is 208 g/mol. The second kappa shape index (κ2) is 3.44. The maximum atomic E-state index is 11.2. The zero-order valence-corrected chi connectivity index (χ0v) is 8.97. The molecule has 2 aromatic rings. The van der Waals surface area contributed by atoms with Gasteiger partial charge in [0.2, 0.25) is 5.75 Å². The highest BCUT2D eigenvalue weighted by molar-refractivity contribution is 5.46. The highest BCUT2D eigenvalue weighted by Crippen LogP contribution is 2.10. The first kappa shape index (κ1) is 10.4. The van der Waals surface area contributed by atoms with Crippen LogP contribution >= 0.6 is 0 Å². The molecule has 1 aromatic heterocycles. The average molecular weight is 219 g/mol. The molecule has 82 valence electrons. The third-order valence-corrected chi connectivity index (χ3v) is 2.45. The van der Waals surface area contributed by atoms with Gasteiger partial charge in [0.15, 0.2) is 12.4 Å². The zero-order chi connectivity index (χ0) is 11.9. The van der Waals surface area contributed by atoms with E-state index < -0.39 is 16.6 Å². The van der Waals surface area contributed by atoms with Gasteiger partial charge < -0.3 is 10.0 Å². The summed E-state index contributed by atoms with van der Waals surface area (Å²) in [5.74, 6) is -0.465. The molecule has 0 aliphatic carbocycles. The average Bonchev–Trinajstić information content (AvgIpc) is 2.29. The largest absolute Gasteiger partial charge is 0.499 e. The number of rotatable bonds is 2. The lowest BCUT2D eigenvalue weighted by atomic mass is 10.2. The normalized spacial score (nSPS) is 10.6. The summed E-state index contributed by atoms with van der Waals surface area (Å²) in [6.07, 6.45) is 3.26. The van der Waals surface area contributed by atoms with Crippen molar-refractivity contribution in [3.05, 3.63) is 45.0 Å². The van der Waals surface area contributed by atoms with Crippen LogP contribution in [0.3, 0.4) is 0 Å². The molecule has 0 fully saturated rings. The Hall–Kier alpha value is -2.17. The molecule has 0 unspecified atom stereocenters. The van der Waals surface area contributed by atoms with Crippen LogP contribution in [0.25, 0.3) is 5.69 Å². The SMILES string of the molecule is CN(C)c1cc[n+](-c2c(O)c(=O)c2=O)cc1. The van der Waals surface area contributed by atoms with E-state index in [2.05, 4.69) is 0 Å². The van der Waals surface area contributed by atoms with Crippen molar-refractivity contribution in [1.82, 2.24) is 0 Å². The molecule has 0 amide bonds. The minimum Gasteiger partial charge on any atom is -0.499 e. The Morgan fingerprint density at radius 2 is 1.69 bits per heavy atom. The molecule has 1 aromatic carbocycles. The Kier molecular flexibility index (Phi) is 2.23. The molecule has 0 aliphatic rings. The van der Waals surface area contributed by atoms with Gasteiger partial charge in [-0.3, -0.25) is 9.59 Å². The highest BCUT2D eigenvalue weighted by atomic mass is 16.3. The third kappa shape index (κ3) is 1.37. The van der Waals surface area contributed by atoms with E-state index in [4.69, 9.17) is 0 Å². The van der Waals surface area contributed by atoms with Gasteiger partial charge in [-0.05, 0) is 0 Å². The molecule has 2 rings (SSSR count). The van der Waals surface area contributed by atoms with Crippen LogP contribution in [0.15, 0.2) is 34.1 Å². The Morgan fingerprint density at radius 3 is 2.12 bits per heavy atom. The minimum absolute atomic E-state index is 0.0373. The summed E-state index contributed by atoms with van der Waals surface area (Å²) in [4.78, 5) is 23.9. The van der Waals surface area contributed by atoms with Crippen molar-refractivity contribution in [2.75, 3.05) is 19.0 Å². The number of pyridine rings is 1. The predicted octanol–water partition coefficient (Wildman–Crippen LogP) is -0.669. The Balaban J connectivity index is 2.44. The Labute approximate surface area is 91.5 Å². The summed E-state index contributed by atoms with van der Waals surface area (Å²) in [6.45, 7) is 0. The first-order valence-corrected chi connectivity index (χ1v) is 4.73. The van der Waals surface area contributed by atoms with Crippen molar-refractivity contribution in [3.8, 4) is 11.4 Å². The smallest absolute Gasteiger partial charge is 0.309 e. The van der Waals surface area contributed by atoms with Crippen molar-refractivity contribution >= 4 is 5.69 Å². The summed E-state index contributed by atoms with van der Waals surface area (Å²) in [7, 11) is 3.79. The highest BCUT2D eigenvalue weighted by Gasteiger charge is 2.28. The van der Waals surface area contributed by atoms with E-state index in [-0.39, 0.29) is 5.69 Å². The predicted molar refractivity (Wildman–Crippen MR) is 58.9 cm³/mol. The van der Waals surface area contributed by atoms with Gasteiger partial charge in [0.1, 0.15) is 0 Å². The lowest BCUT2D eigenvalue weighted by Gasteiger charge is -2.10. The van der Waals surface area contributed by atoms with Crippen LogP contribution in [0, 0.1) is 0 Å². The molecule has 16 heavy (non-hydrogen) atoms. The van der Waals surface area contributed by atoms with E-state index in [1.54, 1.807) is 24.5 Å². The molecule has 5 heteroatoms. The number of hydrogen-bond donors (Lipinski definition) is 1. The fraction of sp³-hybridized carbons (Fsp3) is 0.182. The molecule has 0 aliphatic heterocycles. The molecule has 0 saturated carbocycles. The molecule has 0 bridgehead atoms. The Morgan fingerprint density at radius 1 is 1.12 bits per heavy atom. The number of anilines is 1. The summed E-state index contributed by atoms with van der Waals surface area (Å²) >= 11 is 0. The fourth-order valence-corrected chi connectivity index (χ4v) is 1.47. The maximum Gasteiger partial charge on any atom is 0.309 e. The van der Waals surface area contributed by atoms with Gasteiger partial charge in [0.25, 0.3) is 5.43 Å². The number of aromatic nitrogens is 1. The zero-order valence-electron chi connectivity index (χ0n) is 8.97. The molecule has 0 spiro atoms. The van der Waals surface area contributed by atoms with Crippen LogP contribution in [0.1, 0.15) is 0 Å². The van der Waals surface area contributed by atoms with Crippen LogP contribution in [0.4, 0.5) is 5.69 Å². The minimum atomic E-state index is -0.820. The van der Waals surface area contributed by atoms with Crippen molar-refractivity contribution in [3.63, 3.8) is 0 Å². The van der Waals surface area contributed by atoms with Gasteiger partial charge in [-0.1, -0.05) is 0 Å². The van der Waals surface area contributed by atoms with E-state index in [0.717, 1.165) is 5.69 Å². The molecule has 5 nitrogen and oxygen atoms in total. The lowest BCUT2D eigenvalue weighted by Crippen LogP contribution is -2.46. The topological polar surface area (TPSA) is 61.5 Å². The summed E-state index contributed by atoms with van der Waals surface area (Å²) in [5, 5.41) is 9.26. The number of nitrogens with zero attached hydrogens (tertiary/aromatic N) is 2. The first-order valence-electron chi connectivity index (χ1n) is 4.73. The third-order valence-electron chi connectivity index (χ3n) is 2.45. The van der Waals surface area contributed by atoms with Gasteiger partial charge in [0.05, 0.1) is 0 Å². The van der Waals surface area contributed by atoms with E-state index in [1.807, 2.05) is 19.0 Å². The number of hydrogen-bond acceptors (Lipinski definition) is 4.